The summed E-state index contributed by atoms with van der Waals surface area (Å²) in [6.07, 6.45) is 2.71. The predicted molar refractivity (Wildman–Crippen MR) is 75.1 cm³/mol. The van der Waals surface area contributed by atoms with Gasteiger partial charge in [0, 0.05) is 19.0 Å². The highest BCUT2D eigenvalue weighted by molar-refractivity contribution is 5.76. The van der Waals surface area contributed by atoms with E-state index in [9.17, 15) is 4.79 Å². The van der Waals surface area contributed by atoms with E-state index in [2.05, 4.69) is 19.2 Å². The van der Waals surface area contributed by atoms with Crippen molar-refractivity contribution in [3.63, 3.8) is 0 Å². The van der Waals surface area contributed by atoms with Crippen LogP contribution in [0, 0.1) is 5.92 Å². The summed E-state index contributed by atoms with van der Waals surface area (Å²) in [7, 11) is 0. The number of carbonyl (C=O) groups is 1. The zero-order valence-electron chi connectivity index (χ0n) is 11.4. The van der Waals surface area contributed by atoms with Gasteiger partial charge in [0.1, 0.15) is 0 Å². The molecule has 0 heterocycles. The number of nitrogens with one attached hydrogen (secondary N) is 1. The summed E-state index contributed by atoms with van der Waals surface area (Å²) in [4.78, 5) is 11.7. The average molecular weight is 248 g/mol. The zero-order valence-corrected chi connectivity index (χ0v) is 11.4. The normalized spacial score (nSPS) is 12.4. The van der Waals surface area contributed by atoms with Crippen LogP contribution in [-0.2, 0) is 4.79 Å². The van der Waals surface area contributed by atoms with Gasteiger partial charge in [-0.15, -0.1) is 0 Å². The van der Waals surface area contributed by atoms with Crippen molar-refractivity contribution in [3.8, 4) is 0 Å². The van der Waals surface area contributed by atoms with Crippen molar-refractivity contribution in [2.75, 3.05) is 6.54 Å². The van der Waals surface area contributed by atoms with Gasteiger partial charge in [0.25, 0.3) is 0 Å². The van der Waals surface area contributed by atoms with Crippen molar-refractivity contribution in [1.82, 2.24) is 5.32 Å². The second-order valence-corrected chi connectivity index (χ2v) is 4.71. The minimum Gasteiger partial charge on any atom is -0.354 e. The topological polar surface area (TPSA) is 55.1 Å². The summed E-state index contributed by atoms with van der Waals surface area (Å²) in [6, 6.07) is 9.72. The molecule has 0 spiro atoms. The molecule has 0 aliphatic carbocycles. The highest BCUT2D eigenvalue weighted by Gasteiger charge is 2.11. The van der Waals surface area contributed by atoms with Gasteiger partial charge < -0.3 is 11.1 Å². The van der Waals surface area contributed by atoms with E-state index in [1.54, 1.807) is 0 Å². The maximum absolute atomic E-state index is 11.7. The first-order chi connectivity index (χ1) is 8.67. The van der Waals surface area contributed by atoms with E-state index in [1.807, 2.05) is 30.3 Å². The Bertz CT molecular complexity index is 347. The molecule has 1 aromatic rings. The molecule has 3 heteroatoms. The van der Waals surface area contributed by atoms with Crippen LogP contribution in [-0.4, -0.2) is 12.5 Å². The molecule has 0 aliphatic heterocycles. The van der Waals surface area contributed by atoms with Crippen molar-refractivity contribution in [1.29, 1.82) is 0 Å². The van der Waals surface area contributed by atoms with Crippen LogP contribution in [0.25, 0.3) is 0 Å². The first-order valence-corrected chi connectivity index (χ1v) is 6.74. The average Bonchev–Trinajstić information content (AvgIpc) is 2.43. The molecule has 0 saturated heterocycles. The number of hydrogen-bond donors (Lipinski definition) is 2. The Balaban J connectivity index is 2.34. The lowest BCUT2D eigenvalue weighted by Gasteiger charge is -2.15. The lowest BCUT2D eigenvalue weighted by atomic mass is 9.99. The van der Waals surface area contributed by atoms with E-state index in [0.29, 0.717) is 18.9 Å². The fourth-order valence-corrected chi connectivity index (χ4v) is 1.95. The Labute approximate surface area is 110 Å². The molecule has 18 heavy (non-hydrogen) atoms. The Morgan fingerprint density at radius 3 is 2.39 bits per heavy atom. The zero-order chi connectivity index (χ0) is 13.4. The van der Waals surface area contributed by atoms with E-state index < -0.39 is 0 Å². The van der Waals surface area contributed by atoms with E-state index in [4.69, 9.17) is 5.73 Å². The first-order valence-electron chi connectivity index (χ1n) is 6.74. The van der Waals surface area contributed by atoms with Crippen molar-refractivity contribution in [2.24, 2.45) is 11.7 Å². The SMILES string of the molecule is CCC(CC)CC(=O)NCC(N)c1ccccc1. The Kier molecular flexibility index (Phi) is 6.44. The molecule has 0 fully saturated rings. The standard InChI is InChI=1S/C15H24N2O/c1-3-12(4-2)10-15(18)17-11-14(16)13-8-6-5-7-9-13/h5-9,12,14H,3-4,10-11,16H2,1-2H3,(H,17,18). The monoisotopic (exact) mass is 248 g/mol. The summed E-state index contributed by atoms with van der Waals surface area (Å²) in [5, 5.41) is 2.92. The molecule has 0 radical (unpaired) electrons. The van der Waals surface area contributed by atoms with Gasteiger partial charge in [-0.25, -0.2) is 0 Å². The van der Waals surface area contributed by atoms with Crippen LogP contribution < -0.4 is 11.1 Å². The minimum absolute atomic E-state index is 0.107. The molecule has 0 aromatic heterocycles. The van der Waals surface area contributed by atoms with Crippen LogP contribution in [0.1, 0.15) is 44.7 Å². The van der Waals surface area contributed by atoms with Gasteiger partial charge in [-0.3, -0.25) is 4.79 Å². The summed E-state index contributed by atoms with van der Waals surface area (Å²) in [5.74, 6) is 0.591. The molecule has 1 rings (SSSR count). The van der Waals surface area contributed by atoms with Crippen LogP contribution >= 0.6 is 0 Å². The second kappa shape index (κ2) is 7.88. The fraction of sp³-hybridized carbons (Fsp3) is 0.533. The van der Waals surface area contributed by atoms with Crippen molar-refractivity contribution >= 4 is 5.91 Å². The van der Waals surface area contributed by atoms with E-state index in [1.165, 1.54) is 0 Å². The molecule has 3 N–H and O–H groups in total. The van der Waals surface area contributed by atoms with E-state index >= 15 is 0 Å². The highest BCUT2D eigenvalue weighted by Crippen LogP contribution is 2.12. The highest BCUT2D eigenvalue weighted by atomic mass is 16.1. The third-order valence-electron chi connectivity index (χ3n) is 3.38. The first kappa shape index (κ1) is 14.7. The van der Waals surface area contributed by atoms with Crippen LogP contribution in [0.5, 0.6) is 0 Å². The van der Waals surface area contributed by atoms with Crippen LogP contribution in [0.4, 0.5) is 0 Å². The number of hydrogen-bond acceptors (Lipinski definition) is 2. The molecule has 0 bridgehead atoms. The molecule has 0 aliphatic rings. The van der Waals surface area contributed by atoms with Crippen molar-refractivity contribution in [3.05, 3.63) is 35.9 Å². The molecule has 0 saturated carbocycles. The smallest absolute Gasteiger partial charge is 0.220 e. The summed E-state index contributed by atoms with van der Waals surface area (Å²) < 4.78 is 0. The van der Waals surface area contributed by atoms with Gasteiger partial charge in [-0.05, 0) is 11.5 Å². The number of nitrogens with two attached hydrogens (primary N) is 1. The van der Waals surface area contributed by atoms with Crippen LogP contribution in [0.3, 0.4) is 0 Å². The van der Waals surface area contributed by atoms with Gasteiger partial charge in [0.15, 0.2) is 0 Å². The molecule has 1 unspecified atom stereocenters. The van der Waals surface area contributed by atoms with Gasteiger partial charge >= 0.3 is 0 Å². The van der Waals surface area contributed by atoms with E-state index in [-0.39, 0.29) is 11.9 Å². The Morgan fingerprint density at radius 1 is 1.22 bits per heavy atom. The van der Waals surface area contributed by atoms with Crippen LogP contribution in [0.15, 0.2) is 30.3 Å². The summed E-state index contributed by atoms with van der Waals surface area (Å²) in [5.41, 5.74) is 7.08. The number of rotatable bonds is 7. The second-order valence-electron chi connectivity index (χ2n) is 4.71. The number of benzene rings is 1. The van der Waals surface area contributed by atoms with Gasteiger partial charge in [0.2, 0.25) is 5.91 Å². The molecule has 3 nitrogen and oxygen atoms in total. The Morgan fingerprint density at radius 2 is 1.83 bits per heavy atom. The van der Waals surface area contributed by atoms with Gasteiger partial charge in [0.05, 0.1) is 0 Å². The van der Waals surface area contributed by atoms with Gasteiger partial charge in [-0.2, -0.15) is 0 Å². The lowest BCUT2D eigenvalue weighted by Crippen LogP contribution is -2.32. The lowest BCUT2D eigenvalue weighted by molar-refractivity contribution is -0.122. The number of amides is 1. The fourth-order valence-electron chi connectivity index (χ4n) is 1.95. The third kappa shape index (κ3) is 4.88. The summed E-state index contributed by atoms with van der Waals surface area (Å²) >= 11 is 0. The molecular weight excluding hydrogens is 224 g/mol. The molecule has 1 atom stereocenters. The minimum atomic E-state index is -0.128. The molecular formula is C15H24N2O. The third-order valence-corrected chi connectivity index (χ3v) is 3.38. The Hall–Kier alpha value is -1.35. The largest absolute Gasteiger partial charge is 0.354 e. The molecule has 1 aromatic carbocycles. The summed E-state index contributed by atoms with van der Waals surface area (Å²) in [6.45, 7) is 4.75. The number of carbonyl (C=O) groups excluding carboxylic acids is 1. The predicted octanol–water partition coefficient (Wildman–Crippen LogP) is 2.63. The quantitative estimate of drug-likeness (QED) is 0.779. The molecule has 1 amide bonds. The molecule has 100 valence electrons. The van der Waals surface area contributed by atoms with Crippen molar-refractivity contribution < 1.29 is 4.79 Å². The van der Waals surface area contributed by atoms with E-state index in [0.717, 1.165) is 18.4 Å². The maximum Gasteiger partial charge on any atom is 0.220 e. The van der Waals surface area contributed by atoms with Gasteiger partial charge in [-0.1, -0.05) is 57.0 Å². The van der Waals surface area contributed by atoms with Crippen molar-refractivity contribution in [2.45, 2.75) is 39.2 Å². The van der Waals surface area contributed by atoms with Crippen LogP contribution in [0.2, 0.25) is 0 Å². The maximum atomic E-state index is 11.7.